The average Bonchev–Trinajstić information content (AvgIpc) is 3.24. The largest absolute Gasteiger partial charge is 0.497 e. The van der Waals surface area contributed by atoms with E-state index in [0.29, 0.717) is 28.5 Å². The molecule has 1 aromatic heterocycles. The molecule has 0 fully saturated rings. The third kappa shape index (κ3) is 2.79. The van der Waals surface area contributed by atoms with Crippen LogP contribution in [0.25, 0.3) is 0 Å². The van der Waals surface area contributed by atoms with E-state index in [-0.39, 0.29) is 0 Å². The van der Waals surface area contributed by atoms with Crippen LogP contribution < -0.4 is 9.47 Å². The van der Waals surface area contributed by atoms with Gasteiger partial charge < -0.3 is 19.2 Å². The highest BCUT2D eigenvalue weighted by molar-refractivity contribution is 5.91. The van der Waals surface area contributed by atoms with Crippen molar-refractivity contribution in [1.82, 2.24) is 9.97 Å². The van der Waals surface area contributed by atoms with Gasteiger partial charge in [0.1, 0.15) is 17.3 Å². The molecule has 0 bridgehead atoms. The Labute approximate surface area is 151 Å². The maximum absolute atomic E-state index is 13.1. The number of imidazole rings is 1. The molecule has 0 amide bonds. The summed E-state index contributed by atoms with van der Waals surface area (Å²) in [7, 11) is 4.56. The molecule has 0 radical (unpaired) electrons. The zero-order valence-electron chi connectivity index (χ0n) is 14.9. The summed E-state index contributed by atoms with van der Waals surface area (Å²) in [4.78, 5) is 20.5. The number of H-pyrrole nitrogens is 1. The Bertz CT molecular complexity index is 808. The number of esters is 1. The molecule has 0 unspecified atom stereocenters. The number of nitrogens with zero attached hydrogens (tertiary/aromatic N) is 1. The molecule has 0 saturated carbocycles. The molecule has 0 aliphatic rings. The summed E-state index contributed by atoms with van der Waals surface area (Å²) in [5.74, 6) is 1.42. The minimum atomic E-state index is -1.24. The molecule has 0 spiro atoms. The van der Waals surface area contributed by atoms with Gasteiger partial charge in [0.05, 0.1) is 21.3 Å². The Morgan fingerprint density at radius 1 is 0.885 bits per heavy atom. The smallest absolute Gasteiger partial charge is 0.328 e. The molecule has 6 heteroatoms. The first-order chi connectivity index (χ1) is 12.7. The average molecular weight is 352 g/mol. The number of nitrogens with one attached hydrogen (secondary N) is 1. The minimum Gasteiger partial charge on any atom is -0.497 e. The van der Waals surface area contributed by atoms with E-state index in [9.17, 15) is 4.79 Å². The Balaban J connectivity index is 2.29. The van der Waals surface area contributed by atoms with E-state index in [1.807, 2.05) is 24.3 Å². The van der Waals surface area contributed by atoms with Crippen molar-refractivity contribution < 1.29 is 19.0 Å². The number of ether oxygens (including phenoxy) is 3. The lowest BCUT2D eigenvalue weighted by molar-refractivity contribution is -0.144. The van der Waals surface area contributed by atoms with Gasteiger partial charge in [-0.1, -0.05) is 24.3 Å². The predicted molar refractivity (Wildman–Crippen MR) is 96.5 cm³/mol. The number of aromatic nitrogens is 2. The predicted octanol–water partition coefficient (Wildman–Crippen LogP) is 2.93. The molecular weight excluding hydrogens is 332 g/mol. The van der Waals surface area contributed by atoms with Crippen molar-refractivity contribution in [1.29, 1.82) is 0 Å². The number of hydrogen-bond donors (Lipinski definition) is 1. The van der Waals surface area contributed by atoms with Crippen LogP contribution >= 0.6 is 0 Å². The van der Waals surface area contributed by atoms with Crippen LogP contribution in [-0.4, -0.2) is 37.3 Å². The first kappa shape index (κ1) is 17.5. The molecule has 1 heterocycles. The Hall–Kier alpha value is -3.28. The zero-order chi connectivity index (χ0) is 18.6. The highest BCUT2D eigenvalue weighted by Gasteiger charge is 2.47. The number of carbonyl (C=O) groups is 1. The second kappa shape index (κ2) is 7.31. The first-order valence-electron chi connectivity index (χ1n) is 8.04. The van der Waals surface area contributed by atoms with Crippen molar-refractivity contribution in [3.8, 4) is 11.5 Å². The van der Waals surface area contributed by atoms with Gasteiger partial charge in [-0.05, 0) is 35.4 Å². The fraction of sp³-hybridized carbons (Fsp3) is 0.200. The van der Waals surface area contributed by atoms with E-state index in [1.54, 1.807) is 50.9 Å². The van der Waals surface area contributed by atoms with Crippen LogP contribution in [0.1, 0.15) is 17.0 Å². The molecule has 3 aromatic rings. The number of benzene rings is 2. The van der Waals surface area contributed by atoms with Crippen LogP contribution in [0.15, 0.2) is 60.9 Å². The van der Waals surface area contributed by atoms with Crippen molar-refractivity contribution in [2.75, 3.05) is 21.3 Å². The summed E-state index contributed by atoms with van der Waals surface area (Å²) in [5.41, 5.74) is 0.187. The fourth-order valence-electron chi connectivity index (χ4n) is 3.08. The lowest BCUT2D eigenvalue weighted by Gasteiger charge is -2.30. The van der Waals surface area contributed by atoms with E-state index < -0.39 is 11.4 Å². The first-order valence-corrected chi connectivity index (χ1v) is 8.04. The second-order valence-electron chi connectivity index (χ2n) is 5.64. The third-order valence-electron chi connectivity index (χ3n) is 4.39. The Kier molecular flexibility index (Phi) is 4.93. The number of hydrogen-bond acceptors (Lipinski definition) is 5. The summed E-state index contributed by atoms with van der Waals surface area (Å²) in [6, 6.07) is 14.6. The van der Waals surface area contributed by atoms with Gasteiger partial charge in [-0.2, -0.15) is 0 Å². The Morgan fingerprint density at radius 2 is 1.38 bits per heavy atom. The van der Waals surface area contributed by atoms with Gasteiger partial charge in [0.25, 0.3) is 0 Å². The molecule has 0 aliphatic heterocycles. The van der Waals surface area contributed by atoms with Gasteiger partial charge in [-0.3, -0.25) is 4.79 Å². The molecule has 134 valence electrons. The minimum absolute atomic E-state index is 0.442. The molecular formula is C20H20N2O4. The van der Waals surface area contributed by atoms with Crippen molar-refractivity contribution >= 4 is 5.97 Å². The number of rotatable bonds is 6. The van der Waals surface area contributed by atoms with Crippen LogP contribution in [0.2, 0.25) is 0 Å². The summed E-state index contributed by atoms with van der Waals surface area (Å²) in [6.07, 6.45) is 3.29. The standard InChI is InChI=1S/C20H20N2O4/c1-24-16-8-4-14(5-9-16)20(19(23)26-3,18-21-12-13-22-18)15-6-10-17(25-2)11-7-15/h4-13H,1-3H3,(H,21,22). The van der Waals surface area contributed by atoms with E-state index in [4.69, 9.17) is 14.2 Å². The summed E-state index contributed by atoms with van der Waals surface area (Å²) in [6.45, 7) is 0. The molecule has 26 heavy (non-hydrogen) atoms. The molecule has 3 rings (SSSR count). The van der Waals surface area contributed by atoms with Crippen LogP contribution in [0.5, 0.6) is 11.5 Å². The summed E-state index contributed by atoms with van der Waals surface area (Å²) < 4.78 is 15.7. The van der Waals surface area contributed by atoms with Gasteiger partial charge in [-0.15, -0.1) is 0 Å². The molecule has 1 N–H and O–H groups in total. The lowest BCUT2D eigenvalue weighted by Crippen LogP contribution is -2.40. The van der Waals surface area contributed by atoms with Gasteiger partial charge in [0.2, 0.25) is 0 Å². The van der Waals surface area contributed by atoms with Crippen LogP contribution in [0, 0.1) is 0 Å². The van der Waals surface area contributed by atoms with Crippen LogP contribution in [0.4, 0.5) is 0 Å². The molecule has 2 aromatic carbocycles. The molecule has 0 aliphatic carbocycles. The highest BCUT2D eigenvalue weighted by Crippen LogP contribution is 2.39. The van der Waals surface area contributed by atoms with Crippen molar-refractivity contribution in [3.63, 3.8) is 0 Å². The van der Waals surface area contributed by atoms with Crippen LogP contribution in [0.3, 0.4) is 0 Å². The number of methoxy groups -OCH3 is 3. The summed E-state index contributed by atoms with van der Waals surface area (Å²) >= 11 is 0. The van der Waals surface area contributed by atoms with E-state index >= 15 is 0 Å². The Morgan fingerprint density at radius 3 is 1.73 bits per heavy atom. The van der Waals surface area contributed by atoms with E-state index in [0.717, 1.165) is 0 Å². The lowest BCUT2D eigenvalue weighted by atomic mass is 9.73. The number of carbonyl (C=O) groups excluding carboxylic acids is 1. The molecule has 6 nitrogen and oxygen atoms in total. The van der Waals surface area contributed by atoms with E-state index in [1.165, 1.54) is 7.11 Å². The van der Waals surface area contributed by atoms with Crippen molar-refractivity contribution in [2.45, 2.75) is 5.41 Å². The van der Waals surface area contributed by atoms with Crippen molar-refractivity contribution in [2.24, 2.45) is 0 Å². The SMILES string of the molecule is COC(=O)C(c1ccc(OC)cc1)(c1ccc(OC)cc1)c1ncc[nH]1. The maximum atomic E-state index is 13.1. The quantitative estimate of drug-likeness (QED) is 0.691. The topological polar surface area (TPSA) is 73.4 Å². The zero-order valence-corrected chi connectivity index (χ0v) is 14.9. The highest BCUT2D eigenvalue weighted by atomic mass is 16.5. The monoisotopic (exact) mass is 352 g/mol. The van der Waals surface area contributed by atoms with Gasteiger partial charge in [0.15, 0.2) is 5.41 Å². The van der Waals surface area contributed by atoms with E-state index in [2.05, 4.69) is 9.97 Å². The summed E-state index contributed by atoms with van der Waals surface area (Å²) in [5, 5.41) is 0. The van der Waals surface area contributed by atoms with Crippen molar-refractivity contribution in [3.05, 3.63) is 77.9 Å². The van der Waals surface area contributed by atoms with Gasteiger partial charge >= 0.3 is 5.97 Å². The fourth-order valence-corrected chi connectivity index (χ4v) is 3.08. The second-order valence-corrected chi connectivity index (χ2v) is 5.64. The molecule has 0 saturated heterocycles. The molecule has 0 atom stereocenters. The van der Waals surface area contributed by atoms with Gasteiger partial charge in [-0.25, -0.2) is 4.98 Å². The maximum Gasteiger partial charge on any atom is 0.328 e. The van der Waals surface area contributed by atoms with Gasteiger partial charge in [0, 0.05) is 12.4 Å². The number of aromatic amines is 1. The van der Waals surface area contributed by atoms with Crippen LogP contribution in [-0.2, 0) is 14.9 Å². The third-order valence-corrected chi connectivity index (χ3v) is 4.39. The normalized spacial score (nSPS) is 11.0.